The lowest BCUT2D eigenvalue weighted by Crippen LogP contribution is -2.20. The van der Waals surface area contributed by atoms with Crippen molar-refractivity contribution in [1.82, 2.24) is 0 Å². The normalized spacial score (nSPS) is 20.8. The maximum absolute atomic E-state index is 11.6. The van der Waals surface area contributed by atoms with Gasteiger partial charge in [-0.1, -0.05) is 13.8 Å². The molecule has 1 aliphatic heterocycles. The number of nitrogens with zero attached hydrogens (tertiary/aromatic N) is 1. The number of nitrogens with two attached hydrogens (primary N) is 1. The molecule has 4 nitrogen and oxygen atoms in total. The molecule has 0 spiro atoms. The van der Waals surface area contributed by atoms with Crippen LogP contribution in [0.15, 0.2) is 11.3 Å². The van der Waals surface area contributed by atoms with Crippen molar-refractivity contribution < 1.29 is 9.53 Å². The van der Waals surface area contributed by atoms with Crippen LogP contribution in [0.25, 0.3) is 0 Å². The maximum atomic E-state index is 11.6. The first kappa shape index (κ1) is 11.7. The molecular formula is C11H16N2O2. The number of carbonyl (C=O) groups is 1. The van der Waals surface area contributed by atoms with Crippen LogP contribution in [0.1, 0.15) is 26.7 Å². The first-order chi connectivity index (χ1) is 7.15. The minimum absolute atomic E-state index is 0.0891. The lowest BCUT2D eigenvalue weighted by atomic mass is 9.94. The Balaban J connectivity index is 2.90. The van der Waals surface area contributed by atoms with Gasteiger partial charge < -0.3 is 10.5 Å². The maximum Gasteiger partial charge on any atom is 0.206 e. The molecule has 82 valence electrons. The zero-order chi connectivity index (χ0) is 11.4. The second-order valence-corrected chi connectivity index (χ2v) is 3.64. The van der Waals surface area contributed by atoms with Gasteiger partial charge in [0.05, 0.1) is 6.61 Å². The van der Waals surface area contributed by atoms with Gasteiger partial charge in [-0.3, -0.25) is 4.79 Å². The van der Waals surface area contributed by atoms with Crippen molar-refractivity contribution in [3.63, 3.8) is 0 Å². The smallest absolute Gasteiger partial charge is 0.206 e. The third-order valence-electron chi connectivity index (χ3n) is 2.70. The lowest BCUT2D eigenvalue weighted by molar-refractivity contribution is -0.116. The number of nitriles is 1. The van der Waals surface area contributed by atoms with Crippen molar-refractivity contribution in [2.45, 2.75) is 32.8 Å². The van der Waals surface area contributed by atoms with Crippen molar-refractivity contribution >= 4 is 5.78 Å². The van der Waals surface area contributed by atoms with Crippen molar-refractivity contribution in [1.29, 1.82) is 5.26 Å². The lowest BCUT2D eigenvalue weighted by Gasteiger charge is -2.13. The number of ether oxygens (including phenoxy) is 1. The van der Waals surface area contributed by atoms with Crippen molar-refractivity contribution in [3.8, 4) is 6.07 Å². The van der Waals surface area contributed by atoms with E-state index < -0.39 is 6.10 Å². The van der Waals surface area contributed by atoms with Gasteiger partial charge in [0.2, 0.25) is 5.78 Å². The molecule has 1 rings (SSSR count). The topological polar surface area (TPSA) is 79.4 Å². The molecule has 0 aromatic carbocycles. The van der Waals surface area contributed by atoms with Crippen LogP contribution in [0, 0.1) is 17.2 Å². The minimum atomic E-state index is -0.424. The number of hydrogen-bond acceptors (Lipinski definition) is 4. The van der Waals surface area contributed by atoms with E-state index >= 15 is 0 Å². The fourth-order valence-corrected chi connectivity index (χ4v) is 1.56. The Morgan fingerprint density at radius 3 is 2.47 bits per heavy atom. The number of epoxide rings is 1. The van der Waals surface area contributed by atoms with Crippen LogP contribution in [0.5, 0.6) is 0 Å². The summed E-state index contributed by atoms with van der Waals surface area (Å²) in [6.45, 7) is 4.41. The molecule has 0 saturated carbocycles. The number of hydrogen-bond donors (Lipinski definition) is 1. The largest absolute Gasteiger partial charge is 0.401 e. The van der Waals surface area contributed by atoms with Crippen LogP contribution in [0.2, 0.25) is 0 Å². The van der Waals surface area contributed by atoms with Crippen molar-refractivity contribution in [2.75, 3.05) is 6.61 Å². The summed E-state index contributed by atoms with van der Waals surface area (Å²) < 4.78 is 4.86. The van der Waals surface area contributed by atoms with Gasteiger partial charge in [-0.2, -0.15) is 5.26 Å². The van der Waals surface area contributed by atoms with E-state index in [9.17, 15) is 4.79 Å². The quantitative estimate of drug-likeness (QED) is 0.417. The summed E-state index contributed by atoms with van der Waals surface area (Å²) in [5.74, 6) is -0.149. The zero-order valence-corrected chi connectivity index (χ0v) is 9.12. The Morgan fingerprint density at radius 1 is 1.60 bits per heavy atom. The van der Waals surface area contributed by atoms with E-state index in [-0.39, 0.29) is 17.3 Å². The Kier molecular flexibility index (Phi) is 3.87. The molecule has 1 aliphatic rings. The third-order valence-corrected chi connectivity index (χ3v) is 2.70. The van der Waals surface area contributed by atoms with Crippen LogP contribution in [0.3, 0.4) is 0 Å². The Bertz CT molecular complexity index is 320. The highest BCUT2D eigenvalue weighted by Gasteiger charge is 2.35. The molecule has 0 aromatic rings. The van der Waals surface area contributed by atoms with Crippen molar-refractivity contribution in [3.05, 3.63) is 11.3 Å². The zero-order valence-electron chi connectivity index (χ0n) is 9.12. The van der Waals surface area contributed by atoms with Gasteiger partial charge in [0.25, 0.3) is 0 Å². The van der Waals surface area contributed by atoms with Gasteiger partial charge in [0, 0.05) is 5.70 Å². The SMILES string of the molecule is CCC(CC)/C(N)=C(\C#N)C(=O)C1CO1. The average molecular weight is 208 g/mol. The van der Waals surface area contributed by atoms with Gasteiger partial charge in [0.15, 0.2) is 0 Å². The molecular weight excluding hydrogens is 192 g/mol. The van der Waals surface area contributed by atoms with Crippen LogP contribution in [-0.4, -0.2) is 18.5 Å². The van der Waals surface area contributed by atoms with Gasteiger partial charge in [0.1, 0.15) is 17.7 Å². The summed E-state index contributed by atoms with van der Waals surface area (Å²) in [5, 5.41) is 8.92. The molecule has 1 saturated heterocycles. The summed E-state index contributed by atoms with van der Waals surface area (Å²) in [5.41, 5.74) is 6.35. The average Bonchev–Trinajstić information content (AvgIpc) is 3.03. The second-order valence-electron chi connectivity index (χ2n) is 3.64. The molecule has 1 unspecified atom stereocenters. The predicted octanol–water partition coefficient (Wildman–Crippen LogP) is 1.13. The molecule has 2 N–H and O–H groups in total. The molecule has 0 aliphatic carbocycles. The molecule has 1 fully saturated rings. The second kappa shape index (κ2) is 4.94. The van der Waals surface area contributed by atoms with Gasteiger partial charge in [-0.05, 0) is 18.8 Å². The highest BCUT2D eigenvalue weighted by Crippen LogP contribution is 2.22. The molecule has 4 heteroatoms. The Hall–Kier alpha value is -1.34. The standard InChI is InChI=1S/C11H16N2O2/c1-3-7(4-2)10(13)8(5-12)11(14)9-6-15-9/h7,9H,3-4,6,13H2,1-2H3/b10-8-. The summed E-state index contributed by atoms with van der Waals surface area (Å²) in [4.78, 5) is 11.6. The summed E-state index contributed by atoms with van der Waals surface area (Å²) in [6, 6.07) is 1.90. The number of carbonyl (C=O) groups excluding carboxylic acids is 1. The molecule has 15 heavy (non-hydrogen) atoms. The van der Waals surface area contributed by atoms with Crippen LogP contribution >= 0.6 is 0 Å². The number of allylic oxidation sites excluding steroid dienone is 1. The molecule has 1 heterocycles. The van der Waals surface area contributed by atoms with Gasteiger partial charge in [-0.15, -0.1) is 0 Å². The predicted molar refractivity (Wildman–Crippen MR) is 55.6 cm³/mol. The van der Waals surface area contributed by atoms with Crippen LogP contribution in [0.4, 0.5) is 0 Å². The molecule has 0 radical (unpaired) electrons. The monoisotopic (exact) mass is 208 g/mol. The Labute approximate surface area is 89.7 Å². The van der Waals surface area contributed by atoms with Crippen molar-refractivity contribution in [2.24, 2.45) is 11.7 Å². The van der Waals surface area contributed by atoms with E-state index in [4.69, 9.17) is 15.7 Å². The highest BCUT2D eigenvalue weighted by atomic mass is 16.6. The van der Waals surface area contributed by atoms with E-state index in [1.54, 1.807) is 0 Å². The highest BCUT2D eigenvalue weighted by molar-refractivity contribution is 6.04. The minimum Gasteiger partial charge on any atom is -0.401 e. The van der Waals surface area contributed by atoms with E-state index in [1.165, 1.54) is 0 Å². The number of rotatable bonds is 5. The van der Waals surface area contributed by atoms with E-state index in [0.717, 1.165) is 12.8 Å². The first-order valence-corrected chi connectivity index (χ1v) is 5.21. The van der Waals surface area contributed by atoms with Gasteiger partial charge in [-0.25, -0.2) is 0 Å². The molecule has 1 atom stereocenters. The number of Topliss-reactive ketones (excluding diaryl/α,β-unsaturated/α-hetero) is 1. The van der Waals surface area contributed by atoms with Crippen LogP contribution in [-0.2, 0) is 9.53 Å². The van der Waals surface area contributed by atoms with E-state index in [0.29, 0.717) is 12.3 Å². The third kappa shape index (κ3) is 2.57. The molecule has 0 amide bonds. The van der Waals surface area contributed by atoms with Gasteiger partial charge >= 0.3 is 0 Å². The fraction of sp³-hybridized carbons (Fsp3) is 0.636. The van der Waals surface area contributed by atoms with E-state index in [2.05, 4.69) is 0 Å². The summed E-state index contributed by atoms with van der Waals surface area (Å²) in [6.07, 6.45) is 1.26. The molecule has 0 bridgehead atoms. The van der Waals surface area contributed by atoms with Crippen LogP contribution < -0.4 is 5.73 Å². The molecule has 0 aromatic heterocycles. The number of ketones is 1. The Morgan fingerprint density at radius 2 is 2.13 bits per heavy atom. The first-order valence-electron chi connectivity index (χ1n) is 5.21. The summed E-state index contributed by atoms with van der Waals surface area (Å²) >= 11 is 0. The van der Waals surface area contributed by atoms with E-state index in [1.807, 2.05) is 19.9 Å². The fourth-order valence-electron chi connectivity index (χ4n) is 1.56. The summed E-state index contributed by atoms with van der Waals surface area (Å²) in [7, 11) is 0.